The van der Waals surface area contributed by atoms with Crippen LogP contribution in [-0.4, -0.2) is 46.4 Å². The molecule has 24 heavy (non-hydrogen) atoms. The van der Waals surface area contributed by atoms with Gasteiger partial charge >= 0.3 is 0 Å². The van der Waals surface area contributed by atoms with E-state index in [4.69, 9.17) is 4.74 Å². The number of nitrogens with one attached hydrogen (secondary N) is 2. The standard InChI is InChI=1S/C19H34N4O/c1-5-7-14-24-15-8-13-21-19(20-6-2)22-16-17-9-11-18(12-10-17)23(3)4/h9-12H,5-8,13-16H2,1-4H3,(H2,20,21,22). The number of hydrogen-bond acceptors (Lipinski definition) is 3. The van der Waals surface area contributed by atoms with Crippen molar-refractivity contribution in [3.05, 3.63) is 29.8 Å². The minimum atomic E-state index is 0.677. The van der Waals surface area contributed by atoms with Crippen LogP contribution in [0.5, 0.6) is 0 Å². The largest absolute Gasteiger partial charge is 0.381 e. The smallest absolute Gasteiger partial charge is 0.191 e. The van der Waals surface area contributed by atoms with Crippen LogP contribution in [0.3, 0.4) is 0 Å². The summed E-state index contributed by atoms with van der Waals surface area (Å²) in [6.07, 6.45) is 3.32. The van der Waals surface area contributed by atoms with E-state index in [2.05, 4.69) is 58.6 Å². The Morgan fingerprint density at radius 1 is 1.04 bits per heavy atom. The van der Waals surface area contributed by atoms with Gasteiger partial charge in [0.2, 0.25) is 0 Å². The third-order valence-electron chi connectivity index (χ3n) is 3.62. The van der Waals surface area contributed by atoms with Gasteiger partial charge in [-0.2, -0.15) is 0 Å². The van der Waals surface area contributed by atoms with Crippen molar-refractivity contribution in [1.82, 2.24) is 10.6 Å². The Labute approximate surface area is 147 Å². The van der Waals surface area contributed by atoms with Crippen LogP contribution in [0, 0.1) is 0 Å². The molecular weight excluding hydrogens is 300 g/mol. The molecule has 0 spiro atoms. The molecule has 1 rings (SSSR count). The third-order valence-corrected chi connectivity index (χ3v) is 3.62. The second-order valence-corrected chi connectivity index (χ2v) is 6.00. The van der Waals surface area contributed by atoms with Gasteiger partial charge in [-0.3, -0.25) is 0 Å². The van der Waals surface area contributed by atoms with Gasteiger partial charge in [0.15, 0.2) is 5.96 Å². The van der Waals surface area contributed by atoms with Crippen LogP contribution in [0.1, 0.15) is 38.7 Å². The highest BCUT2D eigenvalue weighted by atomic mass is 16.5. The zero-order chi connectivity index (χ0) is 17.6. The zero-order valence-electron chi connectivity index (χ0n) is 15.8. The molecule has 0 saturated heterocycles. The zero-order valence-corrected chi connectivity index (χ0v) is 15.8. The molecule has 0 bridgehead atoms. The average Bonchev–Trinajstić information content (AvgIpc) is 2.59. The summed E-state index contributed by atoms with van der Waals surface area (Å²) in [5, 5.41) is 6.65. The molecule has 0 radical (unpaired) electrons. The van der Waals surface area contributed by atoms with E-state index in [1.54, 1.807) is 0 Å². The Hall–Kier alpha value is -1.75. The second-order valence-electron chi connectivity index (χ2n) is 6.00. The lowest BCUT2D eigenvalue weighted by atomic mass is 10.2. The van der Waals surface area contributed by atoms with Gasteiger partial charge < -0.3 is 20.3 Å². The fourth-order valence-corrected chi connectivity index (χ4v) is 2.14. The number of nitrogens with zero attached hydrogens (tertiary/aromatic N) is 2. The van der Waals surface area contributed by atoms with Crippen LogP contribution in [-0.2, 0) is 11.3 Å². The molecule has 0 amide bonds. The molecule has 0 aromatic heterocycles. The first kappa shape index (κ1) is 20.3. The van der Waals surface area contributed by atoms with E-state index in [9.17, 15) is 0 Å². The maximum Gasteiger partial charge on any atom is 0.191 e. The van der Waals surface area contributed by atoms with Crippen LogP contribution in [0.4, 0.5) is 5.69 Å². The van der Waals surface area contributed by atoms with Crippen molar-refractivity contribution < 1.29 is 4.74 Å². The van der Waals surface area contributed by atoms with Gasteiger partial charge in [-0.1, -0.05) is 25.5 Å². The van der Waals surface area contributed by atoms with Gasteiger partial charge in [0.25, 0.3) is 0 Å². The molecule has 5 heteroatoms. The summed E-state index contributed by atoms with van der Waals surface area (Å²) < 4.78 is 5.57. The third kappa shape index (κ3) is 8.77. The van der Waals surface area contributed by atoms with Crippen LogP contribution < -0.4 is 15.5 Å². The van der Waals surface area contributed by atoms with Gasteiger partial charge in [0.1, 0.15) is 0 Å². The van der Waals surface area contributed by atoms with Crippen LogP contribution in [0.25, 0.3) is 0 Å². The van der Waals surface area contributed by atoms with Gasteiger partial charge in [-0.15, -0.1) is 0 Å². The summed E-state index contributed by atoms with van der Waals surface area (Å²) in [4.78, 5) is 6.74. The molecule has 0 saturated carbocycles. The Morgan fingerprint density at radius 3 is 2.38 bits per heavy atom. The highest BCUT2D eigenvalue weighted by Crippen LogP contribution is 2.12. The molecule has 0 atom stereocenters. The number of ether oxygens (including phenoxy) is 1. The van der Waals surface area contributed by atoms with Crippen LogP contribution in [0.15, 0.2) is 29.3 Å². The molecule has 136 valence electrons. The van der Waals surface area contributed by atoms with Gasteiger partial charge in [-0.05, 0) is 37.5 Å². The number of aliphatic imine (C=N–C) groups is 1. The van der Waals surface area contributed by atoms with E-state index in [1.165, 1.54) is 17.7 Å². The first-order valence-corrected chi connectivity index (χ1v) is 9.03. The predicted octanol–water partition coefficient (Wildman–Crippen LogP) is 3.01. The first-order valence-electron chi connectivity index (χ1n) is 9.03. The number of benzene rings is 1. The van der Waals surface area contributed by atoms with E-state index in [1.807, 2.05) is 14.1 Å². The molecular formula is C19H34N4O. The van der Waals surface area contributed by atoms with E-state index in [0.717, 1.165) is 45.1 Å². The SMILES string of the molecule is CCCCOCCCNC(=NCc1ccc(N(C)C)cc1)NCC. The van der Waals surface area contributed by atoms with Crippen molar-refractivity contribution in [3.63, 3.8) is 0 Å². The van der Waals surface area contributed by atoms with E-state index in [-0.39, 0.29) is 0 Å². The molecule has 0 unspecified atom stereocenters. The molecule has 5 nitrogen and oxygen atoms in total. The maximum absolute atomic E-state index is 5.57. The fraction of sp³-hybridized carbons (Fsp3) is 0.632. The van der Waals surface area contributed by atoms with E-state index in [0.29, 0.717) is 6.54 Å². The molecule has 2 N–H and O–H groups in total. The Morgan fingerprint density at radius 2 is 1.75 bits per heavy atom. The number of rotatable bonds is 11. The number of unbranched alkanes of at least 4 members (excludes halogenated alkanes) is 1. The number of anilines is 1. The molecule has 0 aliphatic heterocycles. The first-order chi connectivity index (χ1) is 11.7. The van der Waals surface area contributed by atoms with Crippen molar-refractivity contribution in [3.8, 4) is 0 Å². The molecule has 0 fully saturated rings. The molecule has 0 heterocycles. The normalized spacial score (nSPS) is 11.4. The fourth-order valence-electron chi connectivity index (χ4n) is 2.14. The molecule has 1 aromatic rings. The topological polar surface area (TPSA) is 48.9 Å². The Balaban J connectivity index is 2.36. The maximum atomic E-state index is 5.57. The highest BCUT2D eigenvalue weighted by Gasteiger charge is 1.99. The van der Waals surface area contributed by atoms with Crippen LogP contribution >= 0.6 is 0 Å². The minimum Gasteiger partial charge on any atom is -0.381 e. The predicted molar refractivity (Wildman–Crippen MR) is 104 cm³/mol. The second kappa shape index (κ2) is 12.6. The quantitative estimate of drug-likeness (QED) is 0.371. The monoisotopic (exact) mass is 334 g/mol. The summed E-state index contributed by atoms with van der Waals surface area (Å²) >= 11 is 0. The van der Waals surface area contributed by atoms with Gasteiger partial charge in [0.05, 0.1) is 6.54 Å². The summed E-state index contributed by atoms with van der Waals surface area (Å²) in [6.45, 7) is 8.34. The minimum absolute atomic E-state index is 0.677. The van der Waals surface area contributed by atoms with Gasteiger partial charge in [0, 0.05) is 46.1 Å². The number of hydrogen-bond donors (Lipinski definition) is 2. The highest BCUT2D eigenvalue weighted by molar-refractivity contribution is 5.79. The van der Waals surface area contributed by atoms with Crippen molar-refractivity contribution in [1.29, 1.82) is 0 Å². The lowest BCUT2D eigenvalue weighted by molar-refractivity contribution is 0.129. The van der Waals surface area contributed by atoms with Crippen molar-refractivity contribution in [2.24, 2.45) is 4.99 Å². The Bertz CT molecular complexity index is 457. The van der Waals surface area contributed by atoms with Gasteiger partial charge in [-0.25, -0.2) is 4.99 Å². The summed E-state index contributed by atoms with van der Waals surface area (Å²) in [6, 6.07) is 8.51. The molecule has 0 aliphatic carbocycles. The number of guanidine groups is 1. The summed E-state index contributed by atoms with van der Waals surface area (Å²) in [5.74, 6) is 0.864. The van der Waals surface area contributed by atoms with E-state index < -0.39 is 0 Å². The van der Waals surface area contributed by atoms with Crippen molar-refractivity contribution in [2.75, 3.05) is 45.3 Å². The van der Waals surface area contributed by atoms with E-state index >= 15 is 0 Å². The summed E-state index contributed by atoms with van der Waals surface area (Å²) in [5.41, 5.74) is 2.41. The lowest BCUT2D eigenvalue weighted by Crippen LogP contribution is -2.38. The molecule has 0 aliphatic rings. The summed E-state index contributed by atoms with van der Waals surface area (Å²) in [7, 11) is 4.10. The molecule has 1 aromatic carbocycles. The van der Waals surface area contributed by atoms with Crippen molar-refractivity contribution >= 4 is 11.6 Å². The lowest BCUT2D eigenvalue weighted by Gasteiger charge is -2.13. The van der Waals surface area contributed by atoms with Crippen LogP contribution in [0.2, 0.25) is 0 Å². The Kier molecular flexibility index (Phi) is 10.7. The van der Waals surface area contributed by atoms with Crippen molar-refractivity contribution in [2.45, 2.75) is 39.7 Å². The average molecular weight is 335 g/mol.